The summed E-state index contributed by atoms with van der Waals surface area (Å²) in [5.74, 6) is -3.48. The SMILES string of the molecule is [2H]C([2H])(C)c1c(C(=O)C(N)=O)c2c(OCC(=O)O)cccc2n1Cc1ccccc1. The number of fused-ring (bicyclic) bond motifs is 1. The summed E-state index contributed by atoms with van der Waals surface area (Å²) in [6, 6.07) is 13.9. The zero-order valence-corrected chi connectivity index (χ0v) is 15.1. The average molecular weight is 382 g/mol. The van der Waals surface area contributed by atoms with Crippen LogP contribution < -0.4 is 10.5 Å². The highest BCUT2D eigenvalue weighted by Crippen LogP contribution is 2.35. The zero-order valence-electron chi connectivity index (χ0n) is 17.1. The molecule has 3 rings (SSSR count). The number of nitrogens with zero attached hydrogens (tertiary/aromatic N) is 1. The van der Waals surface area contributed by atoms with Crippen molar-refractivity contribution in [2.24, 2.45) is 5.73 Å². The van der Waals surface area contributed by atoms with Crippen LogP contribution in [0.25, 0.3) is 10.9 Å². The molecule has 0 saturated carbocycles. The maximum atomic E-state index is 12.8. The molecule has 1 heterocycles. The van der Waals surface area contributed by atoms with E-state index in [4.69, 9.17) is 18.3 Å². The standard InChI is InChI=1S/C21H20N2O5/c1-2-14-19(20(26)21(22)27)18-15(9-6-10-16(18)28-12-17(24)25)23(14)11-13-7-4-3-5-8-13/h3-10H,2,11-12H2,1H3,(H2,22,27)(H,24,25)/i2D2. The molecular weight excluding hydrogens is 360 g/mol. The third kappa shape index (κ3) is 3.59. The molecule has 7 nitrogen and oxygen atoms in total. The molecular formula is C21H20N2O5. The molecule has 1 aromatic heterocycles. The van der Waals surface area contributed by atoms with E-state index in [1.165, 1.54) is 13.0 Å². The van der Waals surface area contributed by atoms with Gasteiger partial charge in [0.05, 0.1) is 16.5 Å². The first-order valence-electron chi connectivity index (χ1n) is 9.49. The second kappa shape index (κ2) is 7.96. The number of aromatic nitrogens is 1. The van der Waals surface area contributed by atoms with Gasteiger partial charge in [-0.3, -0.25) is 9.59 Å². The third-order valence-corrected chi connectivity index (χ3v) is 4.27. The fourth-order valence-corrected chi connectivity index (χ4v) is 3.16. The molecule has 0 radical (unpaired) electrons. The van der Waals surface area contributed by atoms with E-state index in [-0.39, 0.29) is 28.9 Å². The summed E-state index contributed by atoms with van der Waals surface area (Å²) in [7, 11) is 0. The Morgan fingerprint density at radius 2 is 1.86 bits per heavy atom. The van der Waals surface area contributed by atoms with Gasteiger partial charge in [-0.25, -0.2) is 4.79 Å². The zero-order chi connectivity index (χ0) is 22.1. The van der Waals surface area contributed by atoms with Crippen LogP contribution in [0.5, 0.6) is 5.75 Å². The van der Waals surface area contributed by atoms with E-state index in [0.29, 0.717) is 5.52 Å². The van der Waals surface area contributed by atoms with Gasteiger partial charge in [-0.05, 0) is 24.1 Å². The second-order valence-corrected chi connectivity index (χ2v) is 6.07. The van der Waals surface area contributed by atoms with Crippen LogP contribution >= 0.6 is 0 Å². The maximum absolute atomic E-state index is 12.8. The van der Waals surface area contributed by atoms with Gasteiger partial charge in [0.1, 0.15) is 5.75 Å². The van der Waals surface area contributed by atoms with Gasteiger partial charge in [-0.1, -0.05) is 43.3 Å². The predicted molar refractivity (Wildman–Crippen MR) is 104 cm³/mol. The Bertz CT molecular complexity index is 1130. The van der Waals surface area contributed by atoms with Crippen LogP contribution in [0.2, 0.25) is 0 Å². The van der Waals surface area contributed by atoms with Crippen molar-refractivity contribution in [2.75, 3.05) is 6.61 Å². The molecule has 0 fully saturated rings. The number of aliphatic carboxylic acids is 1. The summed E-state index contributed by atoms with van der Waals surface area (Å²) < 4.78 is 23.6. The summed E-state index contributed by atoms with van der Waals surface area (Å²) in [4.78, 5) is 35.5. The van der Waals surface area contributed by atoms with Gasteiger partial charge in [0.2, 0.25) is 0 Å². The van der Waals surface area contributed by atoms with Gasteiger partial charge >= 0.3 is 5.97 Å². The number of primary amides is 1. The number of nitrogens with two attached hydrogens (primary N) is 1. The van der Waals surface area contributed by atoms with E-state index in [9.17, 15) is 14.4 Å². The number of carbonyl (C=O) groups is 3. The van der Waals surface area contributed by atoms with E-state index < -0.39 is 30.6 Å². The van der Waals surface area contributed by atoms with Crippen LogP contribution in [0.4, 0.5) is 0 Å². The Morgan fingerprint density at radius 3 is 2.46 bits per heavy atom. The number of rotatable bonds is 8. The quantitative estimate of drug-likeness (QED) is 0.459. The molecule has 144 valence electrons. The van der Waals surface area contributed by atoms with Gasteiger partial charge < -0.3 is 20.1 Å². The number of carboxylic acids is 1. The summed E-state index contributed by atoms with van der Waals surface area (Å²) in [6.45, 7) is 0.828. The van der Waals surface area contributed by atoms with E-state index in [1.807, 2.05) is 30.3 Å². The molecule has 0 atom stereocenters. The first-order chi connectivity index (χ1) is 14.1. The minimum absolute atomic E-state index is 0.0310. The Balaban J connectivity index is 2.38. The number of ketones is 1. The van der Waals surface area contributed by atoms with Gasteiger partial charge in [0, 0.05) is 15.0 Å². The van der Waals surface area contributed by atoms with Crippen molar-refractivity contribution in [3.63, 3.8) is 0 Å². The fraction of sp³-hybridized carbons (Fsp3) is 0.190. The van der Waals surface area contributed by atoms with Crippen molar-refractivity contribution in [1.29, 1.82) is 0 Å². The van der Waals surface area contributed by atoms with Gasteiger partial charge in [-0.15, -0.1) is 0 Å². The van der Waals surface area contributed by atoms with Crippen molar-refractivity contribution in [1.82, 2.24) is 4.57 Å². The number of ether oxygens (including phenoxy) is 1. The van der Waals surface area contributed by atoms with Crippen LogP contribution in [-0.2, 0) is 22.5 Å². The molecule has 28 heavy (non-hydrogen) atoms. The Hall–Kier alpha value is -3.61. The lowest BCUT2D eigenvalue weighted by Gasteiger charge is -2.11. The van der Waals surface area contributed by atoms with Crippen molar-refractivity contribution in [2.45, 2.75) is 19.8 Å². The van der Waals surface area contributed by atoms with Crippen LogP contribution in [0.1, 0.15) is 31.3 Å². The average Bonchev–Trinajstić information content (AvgIpc) is 3.01. The highest BCUT2D eigenvalue weighted by atomic mass is 16.5. The largest absolute Gasteiger partial charge is 0.481 e. The van der Waals surface area contributed by atoms with E-state index >= 15 is 0 Å². The Morgan fingerprint density at radius 1 is 1.14 bits per heavy atom. The molecule has 0 saturated heterocycles. The van der Waals surface area contributed by atoms with Crippen molar-refractivity contribution in [3.05, 3.63) is 65.4 Å². The fourth-order valence-electron chi connectivity index (χ4n) is 3.16. The topological polar surface area (TPSA) is 112 Å². The highest BCUT2D eigenvalue weighted by molar-refractivity contribution is 6.45. The monoisotopic (exact) mass is 382 g/mol. The normalized spacial score (nSPS) is 12.3. The van der Waals surface area contributed by atoms with E-state index in [0.717, 1.165) is 5.56 Å². The molecule has 0 unspecified atom stereocenters. The lowest BCUT2D eigenvalue weighted by Crippen LogP contribution is -2.24. The summed E-state index contributed by atoms with van der Waals surface area (Å²) >= 11 is 0. The molecule has 1 amide bonds. The molecule has 0 bridgehead atoms. The van der Waals surface area contributed by atoms with Crippen LogP contribution in [0.3, 0.4) is 0 Å². The minimum Gasteiger partial charge on any atom is -0.481 e. The Kier molecular flexibility index (Phi) is 4.70. The number of carbonyl (C=O) groups excluding carboxylic acids is 2. The van der Waals surface area contributed by atoms with Gasteiger partial charge in [-0.2, -0.15) is 0 Å². The van der Waals surface area contributed by atoms with Gasteiger partial charge in [0.25, 0.3) is 11.7 Å². The van der Waals surface area contributed by atoms with Crippen molar-refractivity contribution in [3.8, 4) is 5.75 Å². The number of carboxylic acid groups (broad SMARTS) is 1. The predicted octanol–water partition coefficient (Wildman–Crippen LogP) is 2.38. The smallest absolute Gasteiger partial charge is 0.341 e. The summed E-state index contributed by atoms with van der Waals surface area (Å²) in [5, 5.41) is 9.12. The molecule has 0 aliphatic rings. The lowest BCUT2D eigenvalue weighted by molar-refractivity contribution is -0.139. The molecule has 0 aliphatic carbocycles. The number of hydrogen-bond donors (Lipinski definition) is 2. The van der Waals surface area contributed by atoms with Gasteiger partial charge in [0.15, 0.2) is 6.61 Å². The van der Waals surface area contributed by atoms with Crippen molar-refractivity contribution >= 4 is 28.6 Å². The maximum Gasteiger partial charge on any atom is 0.341 e. The molecule has 3 aromatic rings. The summed E-state index contributed by atoms with van der Waals surface area (Å²) in [6.07, 6.45) is -2.02. The number of benzene rings is 2. The number of hydrogen-bond acceptors (Lipinski definition) is 4. The first-order valence-corrected chi connectivity index (χ1v) is 8.49. The van der Waals surface area contributed by atoms with Crippen molar-refractivity contribution < 1.29 is 27.0 Å². The second-order valence-electron chi connectivity index (χ2n) is 6.07. The molecule has 3 N–H and O–H groups in total. The molecule has 7 heteroatoms. The first kappa shape index (κ1) is 16.6. The minimum atomic E-state index is -2.02. The van der Waals surface area contributed by atoms with E-state index in [1.54, 1.807) is 16.7 Å². The lowest BCUT2D eigenvalue weighted by atomic mass is 10.0. The molecule has 0 spiro atoms. The van der Waals surface area contributed by atoms with E-state index in [2.05, 4.69) is 0 Å². The number of Topliss-reactive ketones (excluding diaryl/α,β-unsaturated/α-hetero) is 1. The summed E-state index contributed by atoms with van der Waals surface area (Å²) in [5.41, 5.74) is 6.26. The number of amides is 1. The Labute approximate surface area is 164 Å². The highest BCUT2D eigenvalue weighted by Gasteiger charge is 2.27. The van der Waals surface area contributed by atoms with Crippen LogP contribution in [-0.4, -0.2) is 33.9 Å². The third-order valence-electron chi connectivity index (χ3n) is 4.27. The van der Waals surface area contributed by atoms with Crippen LogP contribution in [0, 0.1) is 0 Å². The molecule has 2 aromatic carbocycles. The van der Waals surface area contributed by atoms with Crippen LogP contribution in [0.15, 0.2) is 48.5 Å². The molecule has 0 aliphatic heterocycles.